The van der Waals surface area contributed by atoms with Crippen LogP contribution in [-0.4, -0.2) is 59.5 Å². The number of nitrogens with zero attached hydrogens (tertiary/aromatic N) is 2. The van der Waals surface area contributed by atoms with E-state index in [1.165, 1.54) is 12.8 Å². The van der Waals surface area contributed by atoms with Crippen molar-refractivity contribution in [2.24, 2.45) is 11.8 Å². The van der Waals surface area contributed by atoms with Gasteiger partial charge in [-0.2, -0.15) is 0 Å². The van der Waals surface area contributed by atoms with Crippen molar-refractivity contribution in [2.45, 2.75) is 52.5 Å². The maximum Gasteiger partial charge on any atom is 0.317 e. The van der Waals surface area contributed by atoms with Crippen LogP contribution >= 0.6 is 0 Å². The van der Waals surface area contributed by atoms with Gasteiger partial charge in [-0.05, 0) is 37.5 Å². The first-order valence-corrected chi connectivity index (χ1v) is 7.99. The van der Waals surface area contributed by atoms with E-state index in [2.05, 4.69) is 6.92 Å². The molecule has 0 spiro atoms. The molecule has 5 nitrogen and oxygen atoms in total. The number of carboxylic acid groups (broad SMARTS) is 1. The van der Waals surface area contributed by atoms with E-state index >= 15 is 0 Å². The average molecular weight is 298 g/mol. The summed E-state index contributed by atoms with van der Waals surface area (Å²) in [7, 11) is 1.86. The summed E-state index contributed by atoms with van der Waals surface area (Å²) >= 11 is 0. The van der Waals surface area contributed by atoms with Gasteiger partial charge in [-0.1, -0.05) is 20.8 Å². The van der Waals surface area contributed by atoms with E-state index in [9.17, 15) is 9.59 Å². The summed E-state index contributed by atoms with van der Waals surface area (Å²) in [5.41, 5.74) is 0. The summed E-state index contributed by atoms with van der Waals surface area (Å²) in [4.78, 5) is 26.9. The summed E-state index contributed by atoms with van der Waals surface area (Å²) in [5, 5.41) is 8.96. The van der Waals surface area contributed by atoms with Crippen molar-refractivity contribution in [2.75, 3.05) is 26.7 Å². The number of carbonyl (C=O) groups excluding carboxylic acids is 1. The van der Waals surface area contributed by atoms with Crippen molar-refractivity contribution in [3.05, 3.63) is 0 Å². The predicted molar refractivity (Wildman–Crippen MR) is 83.1 cm³/mol. The van der Waals surface area contributed by atoms with Crippen LogP contribution in [0.25, 0.3) is 0 Å². The van der Waals surface area contributed by atoms with Crippen LogP contribution in [0.3, 0.4) is 0 Å². The van der Waals surface area contributed by atoms with Crippen LogP contribution in [0.5, 0.6) is 0 Å². The van der Waals surface area contributed by atoms with Crippen molar-refractivity contribution in [3.8, 4) is 0 Å². The van der Waals surface area contributed by atoms with Crippen molar-refractivity contribution in [3.63, 3.8) is 0 Å². The molecule has 0 aromatic rings. The number of rotatable bonds is 7. The Morgan fingerprint density at radius 1 is 1.14 bits per heavy atom. The maximum absolute atomic E-state index is 12.4. The number of hydrogen-bond acceptors (Lipinski definition) is 3. The van der Waals surface area contributed by atoms with Crippen LogP contribution in [0.2, 0.25) is 0 Å². The minimum Gasteiger partial charge on any atom is -0.480 e. The van der Waals surface area contributed by atoms with E-state index in [1.54, 1.807) is 4.90 Å². The molecule has 1 rings (SSSR count). The molecule has 0 aromatic carbocycles. The van der Waals surface area contributed by atoms with E-state index in [1.807, 2.05) is 25.8 Å². The lowest BCUT2D eigenvalue weighted by molar-refractivity contribution is -0.140. The molecule has 1 amide bonds. The zero-order valence-corrected chi connectivity index (χ0v) is 13.8. The molecule has 0 heterocycles. The molecule has 0 saturated heterocycles. The third-order valence-electron chi connectivity index (χ3n) is 4.27. The van der Waals surface area contributed by atoms with Gasteiger partial charge in [0.05, 0.1) is 13.1 Å². The first kappa shape index (κ1) is 18.0. The number of carboxylic acids is 1. The highest BCUT2D eigenvalue weighted by Crippen LogP contribution is 2.26. The molecule has 122 valence electrons. The Balaban J connectivity index is 2.52. The van der Waals surface area contributed by atoms with Crippen LogP contribution in [-0.2, 0) is 9.59 Å². The van der Waals surface area contributed by atoms with Crippen LogP contribution in [0, 0.1) is 11.8 Å². The first-order valence-electron chi connectivity index (χ1n) is 7.99. The zero-order valence-electron chi connectivity index (χ0n) is 13.8. The number of hydrogen-bond donors (Lipinski definition) is 1. The molecule has 0 bridgehead atoms. The summed E-state index contributed by atoms with van der Waals surface area (Å²) < 4.78 is 0. The first-order chi connectivity index (χ1) is 9.79. The third kappa shape index (κ3) is 6.46. The maximum atomic E-state index is 12.4. The fourth-order valence-corrected chi connectivity index (χ4v) is 3.03. The molecular weight excluding hydrogens is 268 g/mol. The molecule has 5 heteroatoms. The largest absolute Gasteiger partial charge is 0.480 e. The van der Waals surface area contributed by atoms with Gasteiger partial charge < -0.3 is 10.0 Å². The Morgan fingerprint density at radius 2 is 1.71 bits per heavy atom. The van der Waals surface area contributed by atoms with E-state index in [0.717, 1.165) is 18.8 Å². The van der Waals surface area contributed by atoms with Gasteiger partial charge in [-0.25, -0.2) is 0 Å². The zero-order chi connectivity index (χ0) is 16.0. The predicted octanol–water partition coefficient (Wildman–Crippen LogP) is 2.07. The highest BCUT2D eigenvalue weighted by Gasteiger charge is 2.26. The Kier molecular flexibility index (Phi) is 7.15. The molecule has 1 aliphatic rings. The Morgan fingerprint density at radius 3 is 2.19 bits per heavy atom. The Bertz CT molecular complexity index is 349. The topological polar surface area (TPSA) is 60.9 Å². The van der Waals surface area contributed by atoms with Crippen molar-refractivity contribution in [1.82, 2.24) is 9.80 Å². The van der Waals surface area contributed by atoms with Crippen LogP contribution < -0.4 is 0 Å². The third-order valence-corrected chi connectivity index (χ3v) is 4.27. The number of carbonyl (C=O) groups is 2. The molecule has 0 unspecified atom stereocenters. The standard InChI is InChI=1S/C16H30N2O3/c1-12(2)9-18(11-16(20)21)10-15(19)17(4)14-7-5-13(3)6-8-14/h12-14H,5-11H2,1-4H3,(H,20,21). The highest BCUT2D eigenvalue weighted by molar-refractivity contribution is 5.79. The van der Waals surface area contributed by atoms with Crippen LogP contribution in [0.15, 0.2) is 0 Å². The van der Waals surface area contributed by atoms with Gasteiger partial charge >= 0.3 is 5.97 Å². The van der Waals surface area contributed by atoms with Gasteiger partial charge in [0.15, 0.2) is 0 Å². The number of amides is 1. The van der Waals surface area contributed by atoms with Gasteiger partial charge in [-0.15, -0.1) is 0 Å². The smallest absolute Gasteiger partial charge is 0.317 e. The van der Waals surface area contributed by atoms with Crippen molar-refractivity contribution in [1.29, 1.82) is 0 Å². The molecule has 1 N–H and O–H groups in total. The Labute approximate surface area is 128 Å². The monoisotopic (exact) mass is 298 g/mol. The fourth-order valence-electron chi connectivity index (χ4n) is 3.03. The fraction of sp³-hybridized carbons (Fsp3) is 0.875. The molecule has 0 radical (unpaired) electrons. The molecule has 1 saturated carbocycles. The molecule has 0 aliphatic heterocycles. The van der Waals surface area contributed by atoms with Gasteiger partial charge in [0.1, 0.15) is 0 Å². The molecule has 1 aliphatic carbocycles. The number of aliphatic carboxylic acids is 1. The second-order valence-electron chi connectivity index (χ2n) is 6.88. The quantitative estimate of drug-likeness (QED) is 0.781. The number of likely N-dealkylation sites (N-methyl/N-ethyl adjacent to an activating group) is 1. The molecular formula is C16H30N2O3. The molecule has 0 aromatic heterocycles. The van der Waals surface area contributed by atoms with Gasteiger partial charge in [-0.3, -0.25) is 14.5 Å². The summed E-state index contributed by atoms with van der Waals surface area (Å²) in [6.07, 6.45) is 4.47. The minimum atomic E-state index is -0.877. The van der Waals surface area contributed by atoms with Crippen molar-refractivity contribution < 1.29 is 14.7 Å². The van der Waals surface area contributed by atoms with Gasteiger partial charge in [0.2, 0.25) is 5.91 Å². The Hall–Kier alpha value is -1.10. The lowest BCUT2D eigenvalue weighted by Gasteiger charge is -2.35. The average Bonchev–Trinajstić information content (AvgIpc) is 2.37. The minimum absolute atomic E-state index is 0.0384. The lowest BCUT2D eigenvalue weighted by atomic mass is 9.87. The van der Waals surface area contributed by atoms with E-state index in [0.29, 0.717) is 18.5 Å². The van der Waals surface area contributed by atoms with Crippen molar-refractivity contribution >= 4 is 11.9 Å². The highest BCUT2D eigenvalue weighted by atomic mass is 16.4. The van der Waals surface area contributed by atoms with Crippen LogP contribution in [0.1, 0.15) is 46.5 Å². The van der Waals surface area contributed by atoms with E-state index < -0.39 is 5.97 Å². The second-order valence-corrected chi connectivity index (χ2v) is 6.88. The van der Waals surface area contributed by atoms with E-state index in [-0.39, 0.29) is 19.0 Å². The second kappa shape index (κ2) is 8.37. The normalized spacial score (nSPS) is 22.6. The summed E-state index contributed by atoms with van der Waals surface area (Å²) in [5.74, 6) is 0.265. The molecule has 0 atom stereocenters. The lowest BCUT2D eigenvalue weighted by Crippen LogP contribution is -2.46. The molecule has 1 fully saturated rings. The van der Waals surface area contributed by atoms with E-state index in [4.69, 9.17) is 5.11 Å². The summed E-state index contributed by atoms with van der Waals surface area (Å²) in [6.45, 7) is 7.09. The SMILES string of the molecule is CC(C)CN(CC(=O)O)CC(=O)N(C)C1CCC(C)CC1. The van der Waals surface area contributed by atoms with Crippen LogP contribution in [0.4, 0.5) is 0 Å². The summed E-state index contributed by atoms with van der Waals surface area (Å²) in [6, 6.07) is 0.319. The van der Waals surface area contributed by atoms with Gasteiger partial charge in [0.25, 0.3) is 0 Å². The molecule has 21 heavy (non-hydrogen) atoms. The van der Waals surface area contributed by atoms with Gasteiger partial charge in [0, 0.05) is 19.6 Å².